The van der Waals surface area contributed by atoms with Gasteiger partial charge in [-0.25, -0.2) is 9.97 Å². The van der Waals surface area contributed by atoms with Crippen molar-refractivity contribution in [2.45, 2.75) is 6.18 Å². The molecule has 0 aliphatic rings. The third-order valence-corrected chi connectivity index (χ3v) is 3.47. The van der Waals surface area contributed by atoms with Gasteiger partial charge in [-0.1, -0.05) is 17.7 Å². The van der Waals surface area contributed by atoms with Crippen molar-refractivity contribution in [1.82, 2.24) is 9.97 Å². The lowest BCUT2D eigenvalue weighted by Crippen LogP contribution is -2.05. The maximum Gasteiger partial charge on any atom is 0.416 e. The van der Waals surface area contributed by atoms with Crippen LogP contribution in [0.1, 0.15) is 5.56 Å². The van der Waals surface area contributed by atoms with Crippen LogP contribution in [-0.4, -0.2) is 9.97 Å². The largest absolute Gasteiger partial charge is 0.416 e. The second-order valence-electron chi connectivity index (χ2n) is 3.53. The molecule has 0 aliphatic heterocycles. The first kappa shape index (κ1) is 14.1. The zero-order valence-electron chi connectivity index (χ0n) is 9.17. The first-order valence-electron chi connectivity index (χ1n) is 4.98. The normalized spacial score (nSPS) is 11.4. The van der Waals surface area contributed by atoms with Crippen molar-refractivity contribution >= 4 is 39.0 Å². The predicted octanol–water partition coefficient (Wildman–Crippen LogP) is 4.65. The van der Waals surface area contributed by atoms with Crippen molar-refractivity contribution in [2.75, 3.05) is 5.32 Å². The molecule has 0 radical (unpaired) electrons. The van der Waals surface area contributed by atoms with Crippen molar-refractivity contribution in [3.63, 3.8) is 0 Å². The van der Waals surface area contributed by atoms with E-state index in [0.717, 1.165) is 12.1 Å². The monoisotopic (exact) mass is 351 g/mol. The molecule has 1 N–H and O–H groups in total. The molecule has 2 rings (SSSR count). The van der Waals surface area contributed by atoms with Gasteiger partial charge in [-0.3, -0.25) is 0 Å². The molecule has 100 valence electrons. The summed E-state index contributed by atoms with van der Waals surface area (Å²) in [4.78, 5) is 7.62. The van der Waals surface area contributed by atoms with Crippen LogP contribution in [-0.2, 0) is 6.18 Å². The Bertz CT molecular complexity index is 604. The maximum absolute atomic E-state index is 12.6. The second-order valence-corrected chi connectivity index (χ2v) is 4.68. The number of nitrogens with zero attached hydrogens (tertiary/aromatic N) is 2. The van der Waals surface area contributed by atoms with E-state index in [1.165, 1.54) is 18.5 Å². The van der Waals surface area contributed by atoms with E-state index >= 15 is 0 Å². The molecule has 0 fully saturated rings. The molecule has 0 unspecified atom stereocenters. The third kappa shape index (κ3) is 3.36. The van der Waals surface area contributed by atoms with Gasteiger partial charge in [0, 0.05) is 5.69 Å². The zero-order chi connectivity index (χ0) is 14.0. The topological polar surface area (TPSA) is 37.8 Å². The number of alkyl halides is 3. The number of anilines is 2. The molecule has 2 aromatic rings. The number of halogens is 5. The fraction of sp³-hybridized carbons (Fsp3) is 0.0909. The van der Waals surface area contributed by atoms with E-state index < -0.39 is 11.7 Å². The van der Waals surface area contributed by atoms with E-state index in [1.807, 2.05) is 0 Å². The van der Waals surface area contributed by atoms with Crippen LogP contribution < -0.4 is 5.32 Å². The van der Waals surface area contributed by atoms with Crippen molar-refractivity contribution in [2.24, 2.45) is 0 Å². The van der Waals surface area contributed by atoms with Crippen LogP contribution in [0.4, 0.5) is 24.7 Å². The summed E-state index contributed by atoms with van der Waals surface area (Å²) in [6.45, 7) is 0. The molecule has 0 atom stereocenters. The Morgan fingerprint density at radius 3 is 2.63 bits per heavy atom. The molecule has 0 saturated heterocycles. The van der Waals surface area contributed by atoms with Crippen LogP contribution in [0.2, 0.25) is 5.15 Å². The highest BCUT2D eigenvalue weighted by atomic mass is 79.9. The Labute approximate surface area is 120 Å². The van der Waals surface area contributed by atoms with Gasteiger partial charge in [0.25, 0.3) is 0 Å². The lowest BCUT2D eigenvalue weighted by Gasteiger charge is -2.11. The summed E-state index contributed by atoms with van der Waals surface area (Å²) in [6.07, 6.45) is -3.18. The molecular weight excluding hydrogens is 346 g/mol. The smallest absolute Gasteiger partial charge is 0.339 e. The highest BCUT2D eigenvalue weighted by molar-refractivity contribution is 9.10. The van der Waals surface area contributed by atoms with Gasteiger partial charge < -0.3 is 5.32 Å². The minimum Gasteiger partial charge on any atom is -0.339 e. The van der Waals surface area contributed by atoms with Crippen molar-refractivity contribution < 1.29 is 13.2 Å². The predicted molar refractivity (Wildman–Crippen MR) is 69.5 cm³/mol. The van der Waals surface area contributed by atoms with Crippen molar-refractivity contribution in [3.8, 4) is 0 Å². The Hall–Kier alpha value is -1.34. The Morgan fingerprint density at radius 2 is 1.95 bits per heavy atom. The molecule has 0 saturated carbocycles. The minimum absolute atomic E-state index is 0.171. The summed E-state index contributed by atoms with van der Waals surface area (Å²) in [5.41, 5.74) is -0.487. The van der Waals surface area contributed by atoms with E-state index in [0.29, 0.717) is 10.3 Å². The second kappa shape index (κ2) is 5.34. The van der Waals surface area contributed by atoms with Gasteiger partial charge in [0.2, 0.25) is 0 Å². The SMILES string of the molecule is FC(F)(F)c1cccc(Nc2ncnc(Cl)c2Br)c1. The Morgan fingerprint density at radius 1 is 1.21 bits per heavy atom. The van der Waals surface area contributed by atoms with E-state index in [2.05, 4.69) is 31.2 Å². The van der Waals surface area contributed by atoms with E-state index in [9.17, 15) is 13.2 Å². The van der Waals surface area contributed by atoms with Crippen molar-refractivity contribution in [1.29, 1.82) is 0 Å². The molecule has 0 aliphatic carbocycles. The number of rotatable bonds is 2. The van der Waals surface area contributed by atoms with Gasteiger partial charge in [-0.15, -0.1) is 0 Å². The number of hydrogen-bond acceptors (Lipinski definition) is 3. The molecule has 3 nitrogen and oxygen atoms in total. The van der Waals surface area contributed by atoms with Crippen LogP contribution in [0.5, 0.6) is 0 Å². The Kier molecular flexibility index (Phi) is 3.96. The van der Waals surface area contributed by atoms with E-state index in [-0.39, 0.29) is 10.8 Å². The molecule has 1 heterocycles. The van der Waals surface area contributed by atoms with Crippen LogP contribution >= 0.6 is 27.5 Å². The standard InChI is InChI=1S/C11H6BrClF3N3/c12-8-9(13)17-5-18-10(8)19-7-3-1-2-6(4-7)11(14,15)16/h1-5H,(H,17,18,19). The highest BCUT2D eigenvalue weighted by Gasteiger charge is 2.30. The first-order valence-corrected chi connectivity index (χ1v) is 6.15. The fourth-order valence-electron chi connectivity index (χ4n) is 1.35. The summed E-state index contributed by atoms with van der Waals surface area (Å²) in [6, 6.07) is 4.79. The van der Waals surface area contributed by atoms with Crippen LogP contribution in [0.25, 0.3) is 0 Å². The van der Waals surface area contributed by atoms with Gasteiger partial charge >= 0.3 is 6.18 Å². The lowest BCUT2D eigenvalue weighted by molar-refractivity contribution is -0.137. The molecule has 0 spiro atoms. The molecule has 0 bridgehead atoms. The minimum atomic E-state index is -4.39. The van der Waals surface area contributed by atoms with Gasteiger partial charge in [0.05, 0.1) is 10.0 Å². The summed E-state index contributed by atoms with van der Waals surface area (Å²) < 4.78 is 38.1. The fourth-order valence-corrected chi connectivity index (χ4v) is 1.78. The lowest BCUT2D eigenvalue weighted by atomic mass is 10.2. The summed E-state index contributed by atoms with van der Waals surface area (Å²) >= 11 is 8.92. The summed E-state index contributed by atoms with van der Waals surface area (Å²) in [7, 11) is 0. The first-order chi connectivity index (χ1) is 8.88. The van der Waals surface area contributed by atoms with E-state index in [1.54, 1.807) is 0 Å². The maximum atomic E-state index is 12.6. The molecule has 1 aromatic heterocycles. The quantitative estimate of drug-likeness (QED) is 0.799. The highest BCUT2D eigenvalue weighted by Crippen LogP contribution is 2.33. The van der Waals surface area contributed by atoms with Gasteiger partial charge in [0.1, 0.15) is 17.3 Å². The molecule has 0 amide bonds. The average molecular weight is 353 g/mol. The van der Waals surface area contributed by atoms with Gasteiger partial charge in [0.15, 0.2) is 0 Å². The molecule has 1 aromatic carbocycles. The molecule has 8 heteroatoms. The van der Waals surface area contributed by atoms with Crippen LogP contribution in [0.3, 0.4) is 0 Å². The summed E-state index contributed by atoms with van der Waals surface area (Å²) in [5, 5.41) is 2.91. The molecular formula is C11H6BrClF3N3. The number of benzene rings is 1. The van der Waals surface area contributed by atoms with Gasteiger partial charge in [-0.05, 0) is 34.1 Å². The third-order valence-electron chi connectivity index (χ3n) is 2.20. The number of aromatic nitrogens is 2. The molecule has 19 heavy (non-hydrogen) atoms. The summed E-state index contributed by atoms with van der Waals surface area (Å²) in [5.74, 6) is 0.291. The number of nitrogens with one attached hydrogen (secondary N) is 1. The van der Waals surface area contributed by atoms with Crippen molar-refractivity contribution in [3.05, 3.63) is 45.8 Å². The average Bonchev–Trinajstić information content (AvgIpc) is 2.34. The Balaban J connectivity index is 2.31. The zero-order valence-corrected chi connectivity index (χ0v) is 11.5. The van der Waals surface area contributed by atoms with Crippen LogP contribution in [0, 0.1) is 0 Å². The van der Waals surface area contributed by atoms with Gasteiger partial charge in [-0.2, -0.15) is 13.2 Å². The van der Waals surface area contributed by atoms with E-state index in [4.69, 9.17) is 11.6 Å². The number of hydrogen-bond donors (Lipinski definition) is 1. The van der Waals surface area contributed by atoms with Crippen LogP contribution in [0.15, 0.2) is 35.1 Å².